The summed E-state index contributed by atoms with van der Waals surface area (Å²) in [6, 6.07) is 0. The third-order valence-corrected chi connectivity index (χ3v) is 2.33. The third kappa shape index (κ3) is 13.6. The maximum absolute atomic E-state index is 5.13. The maximum Gasteiger partial charge on any atom is 0.108 e. The molecular formula is C21H21NO. The van der Waals surface area contributed by atoms with Crippen LogP contribution in [0.3, 0.4) is 0 Å². The molecular weight excluding hydrogens is 282 g/mol. The van der Waals surface area contributed by atoms with E-state index < -0.39 is 0 Å². The standard InChI is InChI=1S/C21H21NO/c1-2-4-6-8-10-12-14-16-18-22-19-21-23-20-17-15-13-11-9-7-5-3-1/h1-21H. The summed E-state index contributed by atoms with van der Waals surface area (Å²) in [6.45, 7) is 0. The summed E-state index contributed by atoms with van der Waals surface area (Å²) in [6.07, 6.45) is 39.3. The van der Waals surface area contributed by atoms with E-state index in [-0.39, 0.29) is 0 Å². The summed E-state index contributed by atoms with van der Waals surface area (Å²) >= 11 is 0. The van der Waals surface area contributed by atoms with Crippen molar-refractivity contribution in [1.82, 2.24) is 0 Å². The molecule has 2 nitrogen and oxygen atoms in total. The van der Waals surface area contributed by atoms with Gasteiger partial charge in [-0.2, -0.15) is 0 Å². The van der Waals surface area contributed by atoms with Gasteiger partial charge in [0.25, 0.3) is 0 Å². The third-order valence-electron chi connectivity index (χ3n) is 2.33. The van der Waals surface area contributed by atoms with Crippen LogP contribution in [0.15, 0.2) is 127 Å². The van der Waals surface area contributed by atoms with Crippen LogP contribution in [0.1, 0.15) is 0 Å². The first-order valence-corrected chi connectivity index (χ1v) is 7.32. The molecule has 0 aromatic rings. The SMILES string of the molecule is C1=CC=CC=CC=CC=COC=CN=CC=CC=CC=CC=C1. The minimum Gasteiger partial charge on any atom is -0.471 e. The molecule has 0 aromatic carbocycles. The van der Waals surface area contributed by atoms with Gasteiger partial charge in [-0.3, -0.25) is 4.99 Å². The Labute approximate surface area is 138 Å². The molecule has 0 atom stereocenters. The molecule has 0 spiro atoms. The summed E-state index contributed by atoms with van der Waals surface area (Å²) in [5.74, 6) is 0. The second-order valence-corrected chi connectivity index (χ2v) is 4.13. The van der Waals surface area contributed by atoms with E-state index in [9.17, 15) is 0 Å². The van der Waals surface area contributed by atoms with Crippen molar-refractivity contribution in [1.29, 1.82) is 0 Å². The van der Waals surface area contributed by atoms with Crippen LogP contribution >= 0.6 is 0 Å². The molecule has 0 bridgehead atoms. The molecule has 0 fully saturated rings. The summed E-state index contributed by atoms with van der Waals surface area (Å²) in [4.78, 5) is 4.04. The minimum absolute atomic E-state index is 1.51. The Morgan fingerprint density at radius 2 is 0.783 bits per heavy atom. The van der Waals surface area contributed by atoms with Crippen molar-refractivity contribution < 1.29 is 4.74 Å². The molecule has 2 heteroatoms. The van der Waals surface area contributed by atoms with Gasteiger partial charge < -0.3 is 4.74 Å². The zero-order valence-electron chi connectivity index (χ0n) is 13.0. The largest absolute Gasteiger partial charge is 0.471 e. The maximum atomic E-state index is 5.13. The highest BCUT2D eigenvalue weighted by Gasteiger charge is 1.68. The van der Waals surface area contributed by atoms with Gasteiger partial charge in [0.15, 0.2) is 0 Å². The van der Waals surface area contributed by atoms with E-state index >= 15 is 0 Å². The van der Waals surface area contributed by atoms with Gasteiger partial charge in [0, 0.05) is 6.21 Å². The van der Waals surface area contributed by atoms with Crippen molar-refractivity contribution in [3.63, 3.8) is 0 Å². The van der Waals surface area contributed by atoms with Crippen molar-refractivity contribution >= 4 is 6.21 Å². The Balaban J connectivity index is 2.63. The smallest absolute Gasteiger partial charge is 0.108 e. The first kappa shape index (κ1) is 17.9. The van der Waals surface area contributed by atoms with Crippen molar-refractivity contribution in [3.8, 4) is 0 Å². The van der Waals surface area contributed by atoms with E-state index in [4.69, 9.17) is 4.74 Å². The molecule has 23 heavy (non-hydrogen) atoms. The molecule has 0 saturated heterocycles. The molecule has 0 unspecified atom stereocenters. The highest BCUT2D eigenvalue weighted by molar-refractivity contribution is 5.72. The Kier molecular flexibility index (Phi) is 11.9. The number of hydrogen-bond donors (Lipinski definition) is 0. The molecule has 0 saturated carbocycles. The van der Waals surface area contributed by atoms with Gasteiger partial charge >= 0.3 is 0 Å². The monoisotopic (exact) mass is 303 g/mol. The minimum atomic E-state index is 1.51. The Bertz CT molecular complexity index is 564. The Hall–Kier alpha value is -3.13. The fourth-order valence-corrected chi connectivity index (χ4v) is 1.32. The highest BCUT2D eigenvalue weighted by Crippen LogP contribution is 1.88. The molecule has 116 valence electrons. The van der Waals surface area contributed by atoms with Crippen LogP contribution in [0.2, 0.25) is 0 Å². The van der Waals surface area contributed by atoms with Gasteiger partial charge in [-0.25, -0.2) is 0 Å². The Morgan fingerprint density at radius 1 is 0.391 bits per heavy atom. The molecule has 0 aromatic heterocycles. The fourth-order valence-electron chi connectivity index (χ4n) is 1.32. The quantitative estimate of drug-likeness (QED) is 0.577. The van der Waals surface area contributed by atoms with Gasteiger partial charge in [-0.05, 0) is 12.2 Å². The average Bonchev–Trinajstić information content (AvgIpc) is 2.56. The lowest BCUT2D eigenvalue weighted by Gasteiger charge is -1.84. The van der Waals surface area contributed by atoms with Crippen molar-refractivity contribution in [3.05, 3.63) is 122 Å². The lowest BCUT2D eigenvalue weighted by Crippen LogP contribution is -1.65. The second-order valence-electron chi connectivity index (χ2n) is 4.13. The van der Waals surface area contributed by atoms with Gasteiger partial charge in [0.2, 0.25) is 0 Å². The molecule has 0 amide bonds. The second kappa shape index (κ2) is 15.3. The fraction of sp³-hybridized carbons (Fsp3) is 0. The number of aliphatic imine (C=N–C) groups is 1. The van der Waals surface area contributed by atoms with Crippen LogP contribution in [0, 0.1) is 0 Å². The summed E-state index contributed by atoms with van der Waals surface area (Å²) in [5, 5.41) is 0. The van der Waals surface area contributed by atoms with Crippen LogP contribution in [0.4, 0.5) is 0 Å². The topological polar surface area (TPSA) is 21.6 Å². The van der Waals surface area contributed by atoms with Crippen molar-refractivity contribution in [2.75, 3.05) is 0 Å². The molecule has 1 aliphatic rings. The molecule has 0 N–H and O–H groups in total. The van der Waals surface area contributed by atoms with Crippen molar-refractivity contribution in [2.24, 2.45) is 4.99 Å². The van der Waals surface area contributed by atoms with E-state index in [1.54, 1.807) is 24.8 Å². The first-order valence-electron chi connectivity index (χ1n) is 7.32. The van der Waals surface area contributed by atoms with Gasteiger partial charge in [-0.15, -0.1) is 0 Å². The normalized spacial score (nSPS) is 16.0. The molecule has 0 aliphatic carbocycles. The lowest BCUT2D eigenvalue weighted by molar-refractivity contribution is 0.402. The van der Waals surface area contributed by atoms with Crippen LogP contribution in [-0.4, -0.2) is 6.21 Å². The highest BCUT2D eigenvalue weighted by atomic mass is 16.5. The van der Waals surface area contributed by atoms with Crippen LogP contribution in [-0.2, 0) is 4.74 Å². The van der Waals surface area contributed by atoms with Crippen LogP contribution in [0.5, 0.6) is 0 Å². The average molecular weight is 303 g/mol. The number of rotatable bonds is 0. The molecule has 1 aliphatic heterocycles. The zero-order valence-corrected chi connectivity index (χ0v) is 13.0. The molecule has 1 rings (SSSR count). The predicted molar refractivity (Wildman–Crippen MR) is 101 cm³/mol. The number of allylic oxidation sites excluding steroid dienone is 17. The number of nitrogens with zero attached hydrogens (tertiary/aromatic N) is 1. The Morgan fingerprint density at radius 3 is 1.26 bits per heavy atom. The van der Waals surface area contributed by atoms with Crippen LogP contribution in [0.25, 0.3) is 0 Å². The zero-order chi connectivity index (χ0) is 16.3. The van der Waals surface area contributed by atoms with Crippen molar-refractivity contribution in [2.45, 2.75) is 0 Å². The van der Waals surface area contributed by atoms with E-state index in [2.05, 4.69) is 4.99 Å². The van der Waals surface area contributed by atoms with Gasteiger partial charge in [0.05, 0.1) is 12.5 Å². The lowest BCUT2D eigenvalue weighted by atomic mass is 10.3. The van der Waals surface area contributed by atoms with Crippen LogP contribution < -0.4 is 0 Å². The number of hydrogen-bond acceptors (Lipinski definition) is 2. The van der Waals surface area contributed by atoms with E-state index in [0.29, 0.717) is 0 Å². The molecule has 0 radical (unpaired) electrons. The molecule has 1 heterocycles. The van der Waals surface area contributed by atoms with Gasteiger partial charge in [-0.1, -0.05) is 91.1 Å². The first-order chi connectivity index (χ1) is 11.5. The van der Waals surface area contributed by atoms with E-state index in [1.165, 1.54) is 6.26 Å². The summed E-state index contributed by atoms with van der Waals surface area (Å²) < 4.78 is 5.13. The van der Waals surface area contributed by atoms with E-state index in [1.807, 2.05) is 97.2 Å². The van der Waals surface area contributed by atoms with Gasteiger partial charge in [0.1, 0.15) is 6.26 Å². The predicted octanol–water partition coefficient (Wildman–Crippen LogP) is 5.52. The number of ether oxygens (including phenoxy) is 1. The van der Waals surface area contributed by atoms with E-state index in [0.717, 1.165) is 0 Å². The summed E-state index contributed by atoms with van der Waals surface area (Å²) in [5.41, 5.74) is 0. The summed E-state index contributed by atoms with van der Waals surface area (Å²) in [7, 11) is 0.